The Labute approximate surface area is 71.6 Å². The zero-order valence-corrected chi connectivity index (χ0v) is 7.26. The Morgan fingerprint density at radius 3 is 2.00 bits per heavy atom. The summed E-state index contributed by atoms with van der Waals surface area (Å²) in [5, 5.41) is 5.95. The van der Waals surface area contributed by atoms with Crippen LogP contribution < -0.4 is 10.6 Å². The Bertz CT molecular complexity index is 216. The number of hydrogen-bond donors (Lipinski definition) is 2. The summed E-state index contributed by atoms with van der Waals surface area (Å²) in [5.41, 5.74) is 0. The summed E-state index contributed by atoms with van der Waals surface area (Å²) in [6.45, 7) is 5.56. The first-order chi connectivity index (χ1) is 5.86. The highest BCUT2D eigenvalue weighted by Gasteiger charge is 1.96. The maximum absolute atomic E-state index is 4.08. The molecule has 1 aromatic heterocycles. The molecule has 0 aliphatic heterocycles. The third-order valence-corrected chi connectivity index (χ3v) is 1.19. The molecule has 12 heavy (non-hydrogen) atoms. The molecule has 65 valence electrons. The zero-order valence-electron chi connectivity index (χ0n) is 7.26. The van der Waals surface area contributed by atoms with Gasteiger partial charge in [-0.1, -0.05) is 0 Å². The second kappa shape index (κ2) is 4.48. The van der Waals surface area contributed by atoms with Crippen LogP contribution in [0.3, 0.4) is 0 Å². The molecule has 0 saturated carbocycles. The Morgan fingerprint density at radius 2 is 1.58 bits per heavy atom. The van der Waals surface area contributed by atoms with Gasteiger partial charge in [0.1, 0.15) is 0 Å². The van der Waals surface area contributed by atoms with E-state index in [9.17, 15) is 0 Å². The lowest BCUT2D eigenvalue weighted by molar-refractivity contribution is 0.991. The van der Waals surface area contributed by atoms with Gasteiger partial charge in [0.25, 0.3) is 0 Å². The van der Waals surface area contributed by atoms with E-state index in [0.717, 1.165) is 13.1 Å². The van der Waals surface area contributed by atoms with Crippen LogP contribution in [0, 0.1) is 6.33 Å². The smallest absolute Gasteiger partial charge is 0.228 e. The minimum atomic E-state index is 0.559. The molecule has 1 radical (unpaired) electrons. The van der Waals surface area contributed by atoms with Gasteiger partial charge in [-0.2, -0.15) is 15.0 Å². The average molecular weight is 166 g/mol. The van der Waals surface area contributed by atoms with E-state index in [1.54, 1.807) is 0 Å². The number of nitrogens with one attached hydrogen (secondary N) is 2. The first-order valence-electron chi connectivity index (χ1n) is 3.96. The molecular weight excluding hydrogens is 154 g/mol. The van der Waals surface area contributed by atoms with E-state index in [0.29, 0.717) is 11.9 Å². The summed E-state index contributed by atoms with van der Waals surface area (Å²) in [6.07, 6.45) is 2.51. The maximum Gasteiger partial charge on any atom is 0.228 e. The van der Waals surface area contributed by atoms with Gasteiger partial charge >= 0.3 is 0 Å². The molecule has 1 heterocycles. The molecule has 0 fully saturated rings. The van der Waals surface area contributed by atoms with Crippen LogP contribution in [0.5, 0.6) is 0 Å². The highest BCUT2D eigenvalue weighted by atomic mass is 15.2. The predicted molar refractivity (Wildman–Crippen MR) is 47.0 cm³/mol. The SMILES string of the molecule is CCNc1n[c]nc(NCC)n1. The Morgan fingerprint density at radius 1 is 1.08 bits per heavy atom. The number of aromatic nitrogens is 3. The fourth-order valence-corrected chi connectivity index (χ4v) is 0.744. The van der Waals surface area contributed by atoms with Crippen molar-refractivity contribution in [3.63, 3.8) is 0 Å². The van der Waals surface area contributed by atoms with E-state index in [1.807, 2.05) is 13.8 Å². The highest BCUT2D eigenvalue weighted by molar-refractivity contribution is 5.31. The van der Waals surface area contributed by atoms with Crippen molar-refractivity contribution in [2.45, 2.75) is 13.8 Å². The molecule has 2 N–H and O–H groups in total. The molecule has 0 bridgehead atoms. The van der Waals surface area contributed by atoms with Crippen molar-refractivity contribution in [3.05, 3.63) is 6.33 Å². The third-order valence-electron chi connectivity index (χ3n) is 1.19. The number of anilines is 2. The molecule has 1 aromatic rings. The molecule has 0 aliphatic carbocycles. The van der Waals surface area contributed by atoms with Gasteiger partial charge in [0.05, 0.1) is 0 Å². The minimum absolute atomic E-state index is 0.559. The van der Waals surface area contributed by atoms with Crippen molar-refractivity contribution in [2.75, 3.05) is 23.7 Å². The molecule has 0 saturated heterocycles. The largest absolute Gasteiger partial charge is 0.354 e. The van der Waals surface area contributed by atoms with Gasteiger partial charge in [-0.25, -0.2) is 0 Å². The summed E-state index contributed by atoms with van der Waals surface area (Å²) >= 11 is 0. The number of rotatable bonds is 4. The number of nitrogens with zero attached hydrogens (tertiary/aromatic N) is 3. The van der Waals surface area contributed by atoms with Crippen molar-refractivity contribution in [1.82, 2.24) is 15.0 Å². The van der Waals surface area contributed by atoms with Crippen LogP contribution >= 0.6 is 0 Å². The summed E-state index contributed by atoms with van der Waals surface area (Å²) in [4.78, 5) is 11.7. The molecule has 5 nitrogen and oxygen atoms in total. The van der Waals surface area contributed by atoms with Crippen molar-refractivity contribution >= 4 is 11.9 Å². The molecular formula is C7H12N5. The van der Waals surface area contributed by atoms with E-state index in [1.165, 1.54) is 0 Å². The van der Waals surface area contributed by atoms with Crippen LogP contribution in [0.25, 0.3) is 0 Å². The molecule has 0 amide bonds. The van der Waals surface area contributed by atoms with Crippen molar-refractivity contribution in [3.8, 4) is 0 Å². The molecule has 1 rings (SSSR count). The normalized spacial score (nSPS) is 9.50. The fraction of sp³-hybridized carbons (Fsp3) is 0.571. The van der Waals surface area contributed by atoms with Crippen molar-refractivity contribution in [1.29, 1.82) is 0 Å². The standard InChI is InChI=1S/C7H12N5/c1-3-8-6-10-5-11-7(12-6)9-4-2/h3-4H2,1-2H3,(H2,8,9,10,11,12). The van der Waals surface area contributed by atoms with Crippen LogP contribution in [0.4, 0.5) is 11.9 Å². The monoisotopic (exact) mass is 166 g/mol. The molecule has 0 unspecified atom stereocenters. The first kappa shape index (κ1) is 8.70. The zero-order chi connectivity index (χ0) is 8.81. The van der Waals surface area contributed by atoms with Crippen molar-refractivity contribution < 1.29 is 0 Å². The van der Waals surface area contributed by atoms with Gasteiger partial charge in [0.15, 0.2) is 0 Å². The van der Waals surface area contributed by atoms with Crippen LogP contribution in [0.1, 0.15) is 13.8 Å². The van der Waals surface area contributed by atoms with Crippen LogP contribution in [0.15, 0.2) is 0 Å². The Hall–Kier alpha value is -1.39. The fourth-order valence-electron chi connectivity index (χ4n) is 0.744. The number of hydrogen-bond acceptors (Lipinski definition) is 5. The minimum Gasteiger partial charge on any atom is -0.354 e. The lowest BCUT2D eigenvalue weighted by Gasteiger charge is -2.02. The van der Waals surface area contributed by atoms with E-state index in [4.69, 9.17) is 0 Å². The van der Waals surface area contributed by atoms with E-state index in [-0.39, 0.29) is 0 Å². The Balaban J connectivity index is 2.67. The van der Waals surface area contributed by atoms with E-state index < -0.39 is 0 Å². The van der Waals surface area contributed by atoms with Crippen LogP contribution in [-0.4, -0.2) is 28.0 Å². The van der Waals surface area contributed by atoms with Gasteiger partial charge in [-0.05, 0) is 13.8 Å². The van der Waals surface area contributed by atoms with Crippen LogP contribution in [0.2, 0.25) is 0 Å². The lowest BCUT2D eigenvalue weighted by atomic mass is 10.7. The highest BCUT2D eigenvalue weighted by Crippen LogP contribution is 1.99. The van der Waals surface area contributed by atoms with E-state index >= 15 is 0 Å². The van der Waals surface area contributed by atoms with Gasteiger partial charge in [-0.3, -0.25) is 0 Å². The molecule has 0 spiro atoms. The predicted octanol–water partition coefficient (Wildman–Crippen LogP) is 0.535. The lowest BCUT2D eigenvalue weighted by Crippen LogP contribution is -2.07. The second-order valence-corrected chi connectivity index (χ2v) is 2.14. The summed E-state index contributed by atoms with van der Waals surface area (Å²) in [6, 6.07) is 0. The summed E-state index contributed by atoms with van der Waals surface area (Å²) < 4.78 is 0. The summed E-state index contributed by atoms with van der Waals surface area (Å²) in [7, 11) is 0. The van der Waals surface area contributed by atoms with Crippen molar-refractivity contribution in [2.24, 2.45) is 0 Å². The van der Waals surface area contributed by atoms with Gasteiger partial charge in [0.2, 0.25) is 18.2 Å². The van der Waals surface area contributed by atoms with Gasteiger partial charge in [-0.15, -0.1) is 0 Å². The average Bonchev–Trinajstić information content (AvgIpc) is 2.06. The molecule has 0 aromatic carbocycles. The quantitative estimate of drug-likeness (QED) is 0.683. The topological polar surface area (TPSA) is 62.7 Å². The van der Waals surface area contributed by atoms with Gasteiger partial charge in [0, 0.05) is 13.1 Å². The first-order valence-corrected chi connectivity index (χ1v) is 3.96. The van der Waals surface area contributed by atoms with Gasteiger partial charge < -0.3 is 10.6 Å². The second-order valence-electron chi connectivity index (χ2n) is 2.14. The molecule has 0 aliphatic rings. The maximum atomic E-state index is 4.08. The van der Waals surface area contributed by atoms with E-state index in [2.05, 4.69) is 31.9 Å². The van der Waals surface area contributed by atoms with Crippen LogP contribution in [-0.2, 0) is 0 Å². The molecule has 5 heteroatoms. The Kier molecular flexibility index (Phi) is 3.25. The third kappa shape index (κ3) is 2.34. The molecule has 0 atom stereocenters. The summed E-state index contributed by atoms with van der Waals surface area (Å²) in [5.74, 6) is 1.12.